The maximum atomic E-state index is 13.4. The third-order valence-electron chi connectivity index (χ3n) is 5.17. The highest BCUT2D eigenvalue weighted by atomic mass is 35.5. The highest BCUT2D eigenvalue weighted by Gasteiger charge is 2.19. The Morgan fingerprint density at radius 2 is 1.72 bits per heavy atom. The second kappa shape index (κ2) is 10.7. The van der Waals surface area contributed by atoms with Gasteiger partial charge in [-0.1, -0.05) is 60.8 Å². The number of carboxylic acid groups (broad SMARTS) is 1. The van der Waals surface area contributed by atoms with Gasteiger partial charge < -0.3 is 14.9 Å². The molecule has 0 aromatic heterocycles. The topological polar surface area (TPSA) is 66.8 Å². The molecule has 0 bridgehead atoms. The summed E-state index contributed by atoms with van der Waals surface area (Å²) in [4.78, 5) is 10.7. The fraction of sp³-hybridized carbons (Fsp3) is 0.240. The summed E-state index contributed by atoms with van der Waals surface area (Å²) in [7, 11) is 0. The maximum absolute atomic E-state index is 13.4. The Bertz CT molecular complexity index is 1080. The monoisotopic (exact) mass is 476 g/mol. The fourth-order valence-corrected chi connectivity index (χ4v) is 4.26. The number of phenolic OH excluding ortho intramolecular Hbond substituents is 1. The number of aliphatic carboxylic acids is 1. The highest BCUT2D eigenvalue weighted by Crippen LogP contribution is 2.37. The fourth-order valence-electron chi connectivity index (χ4n) is 3.66. The predicted octanol–water partition coefficient (Wildman–Crippen LogP) is 6.82. The molecule has 4 nitrogen and oxygen atoms in total. The van der Waals surface area contributed by atoms with Crippen LogP contribution in [0, 0.1) is 5.82 Å². The van der Waals surface area contributed by atoms with Crippen molar-refractivity contribution >= 4 is 29.2 Å². The summed E-state index contributed by atoms with van der Waals surface area (Å²) in [5.74, 6) is -1.04. The molecule has 1 atom stereocenters. The van der Waals surface area contributed by atoms with Crippen LogP contribution in [-0.2, 0) is 11.2 Å². The largest absolute Gasteiger partial charge is 0.508 e. The van der Waals surface area contributed by atoms with Gasteiger partial charge in [0, 0.05) is 27.9 Å². The van der Waals surface area contributed by atoms with E-state index in [2.05, 4.69) is 6.92 Å². The molecule has 0 amide bonds. The third kappa shape index (κ3) is 5.93. The highest BCUT2D eigenvalue weighted by molar-refractivity contribution is 6.36. The molecule has 0 spiro atoms. The number of aromatic hydroxyl groups is 1. The van der Waals surface area contributed by atoms with Gasteiger partial charge in [0.15, 0.2) is 6.61 Å². The van der Waals surface area contributed by atoms with Crippen molar-refractivity contribution in [2.75, 3.05) is 6.61 Å². The zero-order chi connectivity index (χ0) is 23.3. The molecule has 0 saturated heterocycles. The van der Waals surface area contributed by atoms with Crippen LogP contribution >= 0.6 is 23.2 Å². The van der Waals surface area contributed by atoms with Crippen LogP contribution in [0.4, 0.5) is 4.39 Å². The van der Waals surface area contributed by atoms with E-state index in [-0.39, 0.29) is 23.2 Å². The Morgan fingerprint density at radius 1 is 1.06 bits per heavy atom. The minimum absolute atomic E-state index is 0.0849. The van der Waals surface area contributed by atoms with Gasteiger partial charge in [-0.15, -0.1) is 0 Å². The molecule has 168 valence electrons. The van der Waals surface area contributed by atoms with E-state index in [1.165, 1.54) is 24.3 Å². The lowest BCUT2D eigenvalue weighted by atomic mass is 9.85. The van der Waals surface area contributed by atoms with Crippen LogP contribution in [0.25, 0.3) is 0 Å². The van der Waals surface area contributed by atoms with Gasteiger partial charge in [-0.2, -0.15) is 0 Å². The molecule has 0 aliphatic carbocycles. The lowest BCUT2D eigenvalue weighted by Crippen LogP contribution is -2.09. The molecule has 0 aliphatic heterocycles. The molecule has 3 aromatic carbocycles. The van der Waals surface area contributed by atoms with Crippen LogP contribution in [0.1, 0.15) is 47.9 Å². The van der Waals surface area contributed by atoms with E-state index in [1.54, 1.807) is 24.3 Å². The number of hydrogen-bond acceptors (Lipinski definition) is 3. The van der Waals surface area contributed by atoms with Crippen molar-refractivity contribution in [2.24, 2.45) is 0 Å². The minimum atomic E-state index is -1.10. The Labute approximate surface area is 196 Å². The van der Waals surface area contributed by atoms with E-state index in [1.807, 2.05) is 6.07 Å². The molecular weight excluding hydrogens is 454 g/mol. The summed E-state index contributed by atoms with van der Waals surface area (Å²) >= 11 is 12.8. The molecule has 32 heavy (non-hydrogen) atoms. The van der Waals surface area contributed by atoms with Crippen molar-refractivity contribution in [3.8, 4) is 11.5 Å². The number of rotatable bonds is 9. The quantitative estimate of drug-likeness (QED) is 0.355. The molecule has 3 rings (SSSR count). The molecule has 1 unspecified atom stereocenters. The first-order valence-corrected chi connectivity index (χ1v) is 10.9. The first-order chi connectivity index (χ1) is 15.3. The summed E-state index contributed by atoms with van der Waals surface area (Å²) < 4.78 is 18.6. The van der Waals surface area contributed by atoms with Crippen LogP contribution in [0.2, 0.25) is 10.0 Å². The first-order valence-electron chi connectivity index (χ1n) is 10.2. The lowest BCUT2D eigenvalue weighted by molar-refractivity contribution is -0.139. The summed E-state index contributed by atoms with van der Waals surface area (Å²) in [6, 6.07) is 14.8. The van der Waals surface area contributed by atoms with Crippen LogP contribution in [0.15, 0.2) is 54.6 Å². The molecule has 7 heteroatoms. The second-order valence-corrected chi connectivity index (χ2v) is 8.33. The second-order valence-electron chi connectivity index (χ2n) is 7.51. The molecule has 0 saturated carbocycles. The zero-order valence-electron chi connectivity index (χ0n) is 17.4. The summed E-state index contributed by atoms with van der Waals surface area (Å²) in [5, 5.41) is 20.0. The summed E-state index contributed by atoms with van der Waals surface area (Å²) in [5.41, 5.74) is 3.24. The van der Waals surface area contributed by atoms with E-state index < -0.39 is 12.6 Å². The van der Waals surface area contributed by atoms with Crippen LogP contribution in [0.5, 0.6) is 11.5 Å². The molecule has 0 radical (unpaired) electrons. The number of carbonyl (C=O) groups is 1. The summed E-state index contributed by atoms with van der Waals surface area (Å²) in [6.45, 7) is 1.57. The van der Waals surface area contributed by atoms with Crippen molar-refractivity contribution in [1.29, 1.82) is 0 Å². The number of benzene rings is 3. The van der Waals surface area contributed by atoms with E-state index in [0.29, 0.717) is 22.0 Å². The standard InChI is InChI=1S/C25H23Cl2FO4/c1-2-3-19(16-5-7-17(28)8-6-16)20-10-15(4-9-24(20)29)11-21-22(26)12-18(13-23(21)27)32-14-25(30)31/h4-10,12-13,19,29H,2-3,11,14H2,1H3,(H,30,31). The van der Waals surface area contributed by atoms with Crippen molar-refractivity contribution in [1.82, 2.24) is 0 Å². The van der Waals surface area contributed by atoms with Gasteiger partial charge in [0.05, 0.1) is 0 Å². The van der Waals surface area contributed by atoms with Crippen molar-refractivity contribution in [3.63, 3.8) is 0 Å². The average molecular weight is 477 g/mol. The van der Waals surface area contributed by atoms with Crippen LogP contribution < -0.4 is 4.74 Å². The molecular formula is C25H23Cl2FO4. The Balaban J connectivity index is 1.91. The molecule has 2 N–H and O–H groups in total. The number of hydrogen-bond donors (Lipinski definition) is 2. The molecule has 0 aliphatic rings. The number of ether oxygens (including phenoxy) is 1. The van der Waals surface area contributed by atoms with E-state index in [9.17, 15) is 14.3 Å². The Hall–Kier alpha value is -2.76. The van der Waals surface area contributed by atoms with Crippen molar-refractivity contribution < 1.29 is 24.1 Å². The predicted molar refractivity (Wildman–Crippen MR) is 124 cm³/mol. The van der Waals surface area contributed by atoms with Crippen LogP contribution in [-0.4, -0.2) is 22.8 Å². The zero-order valence-corrected chi connectivity index (χ0v) is 19.0. The third-order valence-corrected chi connectivity index (χ3v) is 5.85. The van der Waals surface area contributed by atoms with Crippen molar-refractivity contribution in [3.05, 3.63) is 92.7 Å². The van der Waals surface area contributed by atoms with Crippen LogP contribution in [0.3, 0.4) is 0 Å². The van der Waals surface area contributed by atoms with Gasteiger partial charge in [0.25, 0.3) is 0 Å². The minimum Gasteiger partial charge on any atom is -0.508 e. The van der Waals surface area contributed by atoms with Gasteiger partial charge in [0.1, 0.15) is 17.3 Å². The van der Waals surface area contributed by atoms with Gasteiger partial charge >= 0.3 is 5.97 Å². The lowest BCUT2D eigenvalue weighted by Gasteiger charge is -2.20. The Morgan fingerprint density at radius 3 is 2.31 bits per heavy atom. The SMILES string of the molecule is CCCC(c1ccc(F)cc1)c1cc(Cc2c(Cl)cc(OCC(=O)O)cc2Cl)ccc1O. The van der Waals surface area contributed by atoms with Crippen molar-refractivity contribution in [2.45, 2.75) is 32.1 Å². The first kappa shape index (κ1) is 23.9. The smallest absolute Gasteiger partial charge is 0.341 e. The molecule has 3 aromatic rings. The molecule has 0 heterocycles. The van der Waals surface area contributed by atoms with Gasteiger partial charge in [-0.25, -0.2) is 9.18 Å². The van der Waals surface area contributed by atoms with Gasteiger partial charge in [-0.3, -0.25) is 0 Å². The normalized spacial score (nSPS) is 11.9. The van der Waals surface area contributed by atoms with E-state index in [0.717, 1.165) is 29.5 Å². The number of phenols is 1. The Kier molecular flexibility index (Phi) is 7.99. The number of carboxylic acids is 1. The summed E-state index contributed by atoms with van der Waals surface area (Å²) in [6.07, 6.45) is 2.09. The van der Waals surface area contributed by atoms with E-state index >= 15 is 0 Å². The van der Waals surface area contributed by atoms with Gasteiger partial charge in [-0.05, 0) is 53.4 Å². The maximum Gasteiger partial charge on any atom is 0.341 e. The van der Waals surface area contributed by atoms with E-state index in [4.69, 9.17) is 33.0 Å². The number of halogens is 3. The average Bonchev–Trinajstić information content (AvgIpc) is 2.75. The molecule has 0 fully saturated rings. The van der Waals surface area contributed by atoms with Gasteiger partial charge in [0.2, 0.25) is 0 Å².